The first-order chi connectivity index (χ1) is 12.7. The number of carbonyl (C=O) groups is 1. The Balaban J connectivity index is 0.00000140. The lowest BCUT2D eigenvalue weighted by Crippen LogP contribution is -2.58. The topological polar surface area (TPSA) is 57.3 Å². The number of likely N-dealkylation sites (tertiary alicyclic amines) is 1. The van der Waals surface area contributed by atoms with E-state index in [0.717, 1.165) is 56.3 Å². The standard InChI is InChI=1S/C20H26N4OS.2ClH/c1-15-23-18(14-26-15)20(16-5-3-2-4-6-16)7-11-24(12-8-20)19(25)17-13-21-9-10-22-17;;/h2-6,14,17,21-22H,7-13H2,1H3;2*1H/t17-;;/m0../s1. The van der Waals surface area contributed by atoms with Gasteiger partial charge < -0.3 is 15.5 Å². The van der Waals surface area contributed by atoms with Crippen LogP contribution in [0, 0.1) is 6.92 Å². The van der Waals surface area contributed by atoms with Crippen molar-refractivity contribution in [3.05, 3.63) is 52.0 Å². The Hall–Kier alpha value is -1.18. The predicted octanol–water partition coefficient (Wildman–Crippen LogP) is 2.77. The van der Waals surface area contributed by atoms with E-state index in [9.17, 15) is 4.79 Å². The molecule has 0 aliphatic carbocycles. The van der Waals surface area contributed by atoms with Gasteiger partial charge in [-0.2, -0.15) is 0 Å². The number of carbonyl (C=O) groups excluding carboxylic acids is 1. The quantitative estimate of drug-likeness (QED) is 0.766. The van der Waals surface area contributed by atoms with Crippen LogP contribution in [0.1, 0.15) is 29.1 Å². The minimum Gasteiger partial charge on any atom is -0.341 e. The first kappa shape index (κ1) is 23.1. The molecule has 0 saturated carbocycles. The smallest absolute Gasteiger partial charge is 0.241 e. The van der Waals surface area contributed by atoms with Gasteiger partial charge in [0.25, 0.3) is 0 Å². The molecule has 3 heterocycles. The Morgan fingerprint density at radius 2 is 1.89 bits per heavy atom. The molecule has 0 spiro atoms. The molecule has 2 aromatic rings. The van der Waals surface area contributed by atoms with Gasteiger partial charge in [-0.05, 0) is 25.3 Å². The fraction of sp³-hybridized carbons (Fsp3) is 0.500. The van der Waals surface area contributed by atoms with Crippen LogP contribution in [0.25, 0.3) is 0 Å². The van der Waals surface area contributed by atoms with Gasteiger partial charge in [0.2, 0.25) is 5.91 Å². The summed E-state index contributed by atoms with van der Waals surface area (Å²) < 4.78 is 0. The van der Waals surface area contributed by atoms with Crippen LogP contribution in [0.2, 0.25) is 0 Å². The molecule has 0 radical (unpaired) electrons. The molecule has 1 amide bonds. The number of hydrogen-bond acceptors (Lipinski definition) is 5. The Kier molecular flexibility index (Phi) is 8.28. The van der Waals surface area contributed by atoms with Crippen LogP contribution in [0.3, 0.4) is 0 Å². The molecular weight excluding hydrogens is 415 g/mol. The summed E-state index contributed by atoms with van der Waals surface area (Å²) in [6.07, 6.45) is 1.85. The molecule has 0 bridgehead atoms. The molecule has 28 heavy (non-hydrogen) atoms. The molecule has 1 atom stereocenters. The highest BCUT2D eigenvalue weighted by atomic mass is 35.5. The van der Waals surface area contributed by atoms with Crippen molar-refractivity contribution < 1.29 is 4.79 Å². The molecule has 2 aliphatic heterocycles. The molecule has 5 nitrogen and oxygen atoms in total. The first-order valence-electron chi connectivity index (χ1n) is 9.40. The Bertz CT molecular complexity index is 757. The Morgan fingerprint density at radius 3 is 2.46 bits per heavy atom. The summed E-state index contributed by atoms with van der Waals surface area (Å²) in [5.74, 6) is 0.230. The van der Waals surface area contributed by atoms with E-state index < -0.39 is 0 Å². The number of piperazine rings is 1. The van der Waals surface area contributed by atoms with Crippen molar-refractivity contribution in [1.82, 2.24) is 20.5 Å². The van der Waals surface area contributed by atoms with Crippen molar-refractivity contribution in [3.63, 3.8) is 0 Å². The monoisotopic (exact) mass is 442 g/mol. The van der Waals surface area contributed by atoms with Crippen LogP contribution < -0.4 is 10.6 Å². The van der Waals surface area contributed by atoms with E-state index in [1.165, 1.54) is 5.56 Å². The number of aryl methyl sites for hydroxylation is 1. The Morgan fingerprint density at radius 1 is 1.18 bits per heavy atom. The second-order valence-electron chi connectivity index (χ2n) is 7.24. The van der Waals surface area contributed by atoms with Crippen LogP contribution in [0.4, 0.5) is 0 Å². The molecule has 1 aromatic carbocycles. The number of halogens is 2. The highest BCUT2D eigenvalue weighted by Crippen LogP contribution is 2.42. The number of hydrogen-bond donors (Lipinski definition) is 2. The van der Waals surface area contributed by atoms with Crippen LogP contribution in [-0.4, -0.2) is 54.6 Å². The van der Waals surface area contributed by atoms with Crippen molar-refractivity contribution in [2.45, 2.75) is 31.2 Å². The highest BCUT2D eigenvalue weighted by Gasteiger charge is 2.41. The normalized spacial score (nSPS) is 21.3. The molecule has 154 valence electrons. The van der Waals surface area contributed by atoms with Crippen molar-refractivity contribution in [2.24, 2.45) is 0 Å². The maximum absolute atomic E-state index is 12.9. The summed E-state index contributed by atoms with van der Waals surface area (Å²) in [6, 6.07) is 10.6. The molecule has 2 saturated heterocycles. The second kappa shape index (κ2) is 10.0. The van der Waals surface area contributed by atoms with E-state index in [4.69, 9.17) is 4.98 Å². The van der Waals surface area contributed by atoms with E-state index in [2.05, 4.69) is 53.3 Å². The zero-order valence-corrected chi connectivity index (χ0v) is 18.5. The van der Waals surface area contributed by atoms with Crippen LogP contribution >= 0.6 is 36.2 Å². The molecule has 8 heteroatoms. The summed E-state index contributed by atoms with van der Waals surface area (Å²) in [5.41, 5.74) is 2.40. The van der Waals surface area contributed by atoms with Crippen molar-refractivity contribution in [3.8, 4) is 0 Å². The van der Waals surface area contributed by atoms with Crippen molar-refractivity contribution in [1.29, 1.82) is 0 Å². The number of nitrogens with one attached hydrogen (secondary N) is 2. The van der Waals surface area contributed by atoms with Crippen LogP contribution in [-0.2, 0) is 10.2 Å². The average Bonchev–Trinajstić information content (AvgIpc) is 3.16. The number of nitrogens with zero attached hydrogens (tertiary/aromatic N) is 2. The number of thiazole rings is 1. The zero-order valence-electron chi connectivity index (χ0n) is 16.0. The van der Waals surface area contributed by atoms with E-state index in [1.807, 2.05) is 4.90 Å². The summed E-state index contributed by atoms with van der Waals surface area (Å²) in [4.78, 5) is 19.7. The molecule has 0 unspecified atom stereocenters. The lowest BCUT2D eigenvalue weighted by atomic mass is 9.70. The molecular formula is C20H28Cl2N4OS. The van der Waals surface area contributed by atoms with E-state index in [0.29, 0.717) is 0 Å². The lowest BCUT2D eigenvalue weighted by Gasteiger charge is -2.42. The fourth-order valence-electron chi connectivity index (χ4n) is 4.19. The second-order valence-corrected chi connectivity index (χ2v) is 8.30. The van der Waals surface area contributed by atoms with Gasteiger partial charge in [0, 0.05) is 43.5 Å². The van der Waals surface area contributed by atoms with Crippen molar-refractivity contribution in [2.75, 3.05) is 32.7 Å². The predicted molar refractivity (Wildman–Crippen MR) is 119 cm³/mol. The molecule has 2 aliphatic rings. The SMILES string of the molecule is Cc1nc(C2(c3ccccc3)CCN(C(=O)[C@@H]3CNCCN3)CC2)cs1.Cl.Cl. The van der Waals surface area contributed by atoms with Gasteiger partial charge in [-0.1, -0.05) is 30.3 Å². The zero-order chi connectivity index (χ0) is 18.0. The molecule has 1 aromatic heterocycles. The largest absolute Gasteiger partial charge is 0.341 e. The third kappa shape index (κ3) is 4.52. The van der Waals surface area contributed by atoms with Gasteiger partial charge >= 0.3 is 0 Å². The number of piperidine rings is 1. The maximum Gasteiger partial charge on any atom is 0.241 e. The first-order valence-corrected chi connectivity index (χ1v) is 10.3. The van der Waals surface area contributed by atoms with Gasteiger partial charge in [0.1, 0.15) is 0 Å². The van der Waals surface area contributed by atoms with Gasteiger partial charge in [-0.3, -0.25) is 4.79 Å². The average molecular weight is 443 g/mol. The number of benzene rings is 1. The highest BCUT2D eigenvalue weighted by molar-refractivity contribution is 7.09. The van der Waals surface area contributed by atoms with Gasteiger partial charge in [-0.25, -0.2) is 4.98 Å². The number of amides is 1. The summed E-state index contributed by atoms with van der Waals surface area (Å²) in [6.45, 7) is 6.14. The molecule has 4 rings (SSSR count). The summed E-state index contributed by atoms with van der Waals surface area (Å²) in [5, 5.41) is 9.95. The maximum atomic E-state index is 12.9. The molecule has 2 N–H and O–H groups in total. The summed E-state index contributed by atoms with van der Waals surface area (Å²) in [7, 11) is 0. The van der Waals surface area contributed by atoms with Gasteiger partial charge in [0.15, 0.2) is 0 Å². The van der Waals surface area contributed by atoms with Gasteiger partial charge in [-0.15, -0.1) is 36.2 Å². The molecule has 2 fully saturated rings. The van der Waals surface area contributed by atoms with E-state index in [1.54, 1.807) is 11.3 Å². The Labute approximate surface area is 183 Å². The van der Waals surface area contributed by atoms with Crippen molar-refractivity contribution >= 4 is 42.1 Å². The third-order valence-electron chi connectivity index (χ3n) is 5.70. The number of rotatable bonds is 3. The van der Waals surface area contributed by atoms with Crippen LogP contribution in [0.5, 0.6) is 0 Å². The fourth-order valence-corrected chi connectivity index (χ4v) is 4.90. The van der Waals surface area contributed by atoms with Gasteiger partial charge in [0.05, 0.1) is 16.7 Å². The lowest BCUT2D eigenvalue weighted by molar-refractivity contribution is -0.135. The van der Waals surface area contributed by atoms with E-state index >= 15 is 0 Å². The van der Waals surface area contributed by atoms with E-state index in [-0.39, 0.29) is 42.2 Å². The minimum atomic E-state index is -0.0884. The van der Waals surface area contributed by atoms with Crippen LogP contribution in [0.15, 0.2) is 35.7 Å². The third-order valence-corrected chi connectivity index (χ3v) is 6.48. The summed E-state index contributed by atoms with van der Waals surface area (Å²) >= 11 is 1.71. The number of aromatic nitrogens is 1. The minimum absolute atomic E-state index is 0.